The fourth-order valence-corrected chi connectivity index (χ4v) is 5.06. The molecule has 1 fully saturated rings. The van der Waals surface area contributed by atoms with Crippen LogP contribution in [0.25, 0.3) is 5.69 Å². The molecule has 0 bridgehead atoms. The van der Waals surface area contributed by atoms with Crippen LogP contribution in [0.4, 0.5) is 23.7 Å². The van der Waals surface area contributed by atoms with Crippen LogP contribution in [0.2, 0.25) is 0 Å². The van der Waals surface area contributed by atoms with Crippen LogP contribution in [0.3, 0.4) is 0 Å². The zero-order valence-electron chi connectivity index (χ0n) is 20.2. The van der Waals surface area contributed by atoms with Gasteiger partial charge in [0.1, 0.15) is 5.56 Å². The molecular formula is C26H23F3N4O5. The molecule has 1 aliphatic heterocycles. The number of aromatic nitrogens is 2. The first-order valence-electron chi connectivity index (χ1n) is 12.0. The molecule has 2 amide bonds. The largest absolute Gasteiger partial charge is 0.462 e. The SMILES string of the molecule is CCOC(=O)c1cn(-c2ccc(N3CCNC3=O)cc2)c(=O)n(C2CCc3c2cccc3C(F)(F)F)c1=O. The molecule has 0 radical (unpaired) electrons. The van der Waals surface area contributed by atoms with E-state index >= 15 is 0 Å². The summed E-state index contributed by atoms with van der Waals surface area (Å²) in [4.78, 5) is 53.3. The van der Waals surface area contributed by atoms with Crippen LogP contribution in [0.15, 0.2) is 58.3 Å². The molecule has 1 atom stereocenters. The van der Waals surface area contributed by atoms with Crippen LogP contribution in [0.1, 0.15) is 46.4 Å². The minimum atomic E-state index is -4.59. The molecule has 1 aliphatic carbocycles. The lowest BCUT2D eigenvalue weighted by molar-refractivity contribution is -0.138. The summed E-state index contributed by atoms with van der Waals surface area (Å²) < 4.78 is 47.8. The van der Waals surface area contributed by atoms with Crippen LogP contribution < -0.4 is 21.5 Å². The molecule has 1 aromatic heterocycles. The van der Waals surface area contributed by atoms with Gasteiger partial charge in [-0.3, -0.25) is 18.8 Å². The Balaban J connectivity index is 1.66. The maximum atomic E-state index is 13.7. The highest BCUT2D eigenvalue weighted by molar-refractivity contribution is 5.94. The van der Waals surface area contributed by atoms with E-state index in [0.717, 1.165) is 21.4 Å². The molecule has 1 saturated heterocycles. The molecule has 0 saturated carbocycles. The van der Waals surface area contributed by atoms with Crippen LogP contribution >= 0.6 is 0 Å². The highest BCUT2D eigenvalue weighted by atomic mass is 19.4. The second kappa shape index (κ2) is 9.51. The fraction of sp³-hybridized carbons (Fsp3) is 0.308. The summed E-state index contributed by atoms with van der Waals surface area (Å²) in [6.07, 6.45) is -3.42. The molecular weight excluding hydrogens is 505 g/mol. The van der Waals surface area contributed by atoms with E-state index in [1.165, 1.54) is 17.0 Å². The van der Waals surface area contributed by atoms with Gasteiger partial charge in [0.25, 0.3) is 5.56 Å². The van der Waals surface area contributed by atoms with Gasteiger partial charge in [-0.1, -0.05) is 12.1 Å². The van der Waals surface area contributed by atoms with E-state index < -0.39 is 40.6 Å². The van der Waals surface area contributed by atoms with E-state index in [-0.39, 0.29) is 36.6 Å². The second-order valence-electron chi connectivity index (χ2n) is 8.92. The summed E-state index contributed by atoms with van der Waals surface area (Å²) in [6, 6.07) is 8.76. The lowest BCUT2D eigenvalue weighted by Gasteiger charge is -2.19. The second-order valence-corrected chi connectivity index (χ2v) is 8.92. The van der Waals surface area contributed by atoms with Gasteiger partial charge in [0.2, 0.25) is 0 Å². The Kier molecular flexibility index (Phi) is 6.33. The number of carbonyl (C=O) groups is 2. The first kappa shape index (κ1) is 25.3. The summed E-state index contributed by atoms with van der Waals surface area (Å²) in [5.74, 6) is -0.951. The van der Waals surface area contributed by atoms with Crippen LogP contribution in [0, 0.1) is 0 Å². The quantitative estimate of drug-likeness (QED) is 0.513. The summed E-state index contributed by atoms with van der Waals surface area (Å²) in [6.45, 7) is 2.50. The number of fused-ring (bicyclic) bond motifs is 1. The number of halogens is 3. The van der Waals surface area contributed by atoms with Crippen LogP contribution in [-0.4, -0.2) is 40.8 Å². The van der Waals surface area contributed by atoms with Crippen LogP contribution in [-0.2, 0) is 17.3 Å². The molecule has 5 rings (SSSR count). The lowest BCUT2D eigenvalue weighted by Crippen LogP contribution is -2.44. The first-order valence-corrected chi connectivity index (χ1v) is 12.0. The van der Waals surface area contributed by atoms with Crippen molar-refractivity contribution in [3.05, 3.63) is 91.8 Å². The van der Waals surface area contributed by atoms with Crippen molar-refractivity contribution in [2.45, 2.75) is 32.0 Å². The Morgan fingerprint density at radius 3 is 2.42 bits per heavy atom. The summed E-state index contributed by atoms with van der Waals surface area (Å²) in [7, 11) is 0. The Bertz CT molecular complexity index is 1540. The molecule has 2 aromatic carbocycles. The number of amides is 2. The molecule has 1 N–H and O–H groups in total. The third kappa shape index (κ3) is 4.25. The molecule has 2 heterocycles. The van der Waals surface area contributed by atoms with E-state index in [4.69, 9.17) is 4.74 Å². The van der Waals surface area contributed by atoms with Crippen molar-refractivity contribution < 1.29 is 27.5 Å². The Hall–Kier alpha value is -4.35. The predicted molar refractivity (Wildman–Crippen MR) is 131 cm³/mol. The number of anilines is 1. The number of hydrogen-bond acceptors (Lipinski definition) is 5. The molecule has 9 nitrogen and oxygen atoms in total. The molecule has 198 valence electrons. The van der Waals surface area contributed by atoms with Crippen molar-refractivity contribution in [3.8, 4) is 5.69 Å². The number of benzene rings is 2. The van der Waals surface area contributed by atoms with Crippen LogP contribution in [0.5, 0.6) is 0 Å². The summed E-state index contributed by atoms with van der Waals surface area (Å²) in [5.41, 5.74) is -1.88. The minimum Gasteiger partial charge on any atom is -0.462 e. The van der Waals surface area contributed by atoms with Gasteiger partial charge < -0.3 is 10.1 Å². The number of esters is 1. The third-order valence-electron chi connectivity index (χ3n) is 6.77. The van der Waals surface area contributed by atoms with Gasteiger partial charge in [0, 0.05) is 25.0 Å². The van der Waals surface area contributed by atoms with E-state index in [2.05, 4.69) is 5.32 Å². The molecule has 3 aromatic rings. The van der Waals surface area contributed by atoms with E-state index in [1.54, 1.807) is 31.2 Å². The number of hydrogen-bond donors (Lipinski definition) is 1. The number of nitrogens with zero attached hydrogens (tertiary/aromatic N) is 3. The average Bonchev–Trinajstić information content (AvgIpc) is 3.50. The fourth-order valence-electron chi connectivity index (χ4n) is 5.06. The highest BCUT2D eigenvalue weighted by Gasteiger charge is 2.38. The van der Waals surface area contributed by atoms with Gasteiger partial charge in [-0.15, -0.1) is 0 Å². The highest BCUT2D eigenvalue weighted by Crippen LogP contribution is 2.41. The number of carbonyl (C=O) groups excluding carboxylic acids is 2. The normalized spacial score (nSPS) is 16.9. The Morgan fingerprint density at radius 2 is 1.79 bits per heavy atom. The zero-order chi connectivity index (χ0) is 27.2. The maximum Gasteiger partial charge on any atom is 0.416 e. The average molecular weight is 528 g/mol. The zero-order valence-corrected chi connectivity index (χ0v) is 20.2. The molecule has 2 aliphatic rings. The van der Waals surface area contributed by atoms with Crippen molar-refractivity contribution in [3.63, 3.8) is 0 Å². The Labute approximate surface area is 214 Å². The molecule has 1 unspecified atom stereocenters. The minimum absolute atomic E-state index is 0.0117. The third-order valence-corrected chi connectivity index (χ3v) is 6.77. The molecule has 12 heteroatoms. The maximum absolute atomic E-state index is 13.7. The molecule has 0 spiro atoms. The number of alkyl halides is 3. The van der Waals surface area contributed by atoms with Crippen molar-refractivity contribution in [2.24, 2.45) is 0 Å². The lowest BCUT2D eigenvalue weighted by atomic mass is 10.0. The van der Waals surface area contributed by atoms with Crippen molar-refractivity contribution in [1.82, 2.24) is 14.5 Å². The molecule has 38 heavy (non-hydrogen) atoms. The van der Waals surface area contributed by atoms with Gasteiger partial charge in [0.15, 0.2) is 0 Å². The van der Waals surface area contributed by atoms with Crippen molar-refractivity contribution in [1.29, 1.82) is 0 Å². The van der Waals surface area contributed by atoms with Gasteiger partial charge in [-0.2, -0.15) is 13.2 Å². The predicted octanol–water partition coefficient (Wildman–Crippen LogP) is 3.26. The Morgan fingerprint density at radius 1 is 1.08 bits per heavy atom. The first-order chi connectivity index (χ1) is 18.1. The van der Waals surface area contributed by atoms with Crippen molar-refractivity contribution in [2.75, 3.05) is 24.6 Å². The summed E-state index contributed by atoms with van der Waals surface area (Å²) in [5, 5.41) is 2.69. The van der Waals surface area contributed by atoms with Gasteiger partial charge >= 0.3 is 23.9 Å². The summed E-state index contributed by atoms with van der Waals surface area (Å²) >= 11 is 0. The van der Waals surface area contributed by atoms with E-state index in [1.807, 2.05) is 0 Å². The van der Waals surface area contributed by atoms with Gasteiger partial charge in [-0.05, 0) is 61.2 Å². The standard InChI is InChI=1S/C26H23F3N4O5/c1-2-38-23(35)19-14-32(16-8-6-15(7-9-16)31-13-12-30-24(31)36)25(37)33(22(19)34)21-11-10-17-18(21)4-3-5-20(17)26(27,28)29/h3-9,14,21H,2,10-13H2,1H3,(H,30,36). The topological polar surface area (TPSA) is 103 Å². The number of urea groups is 1. The number of nitrogens with one attached hydrogen (secondary N) is 1. The number of rotatable bonds is 5. The van der Waals surface area contributed by atoms with Crippen molar-refractivity contribution >= 4 is 17.7 Å². The van der Waals surface area contributed by atoms with E-state index in [9.17, 15) is 32.3 Å². The van der Waals surface area contributed by atoms with E-state index in [0.29, 0.717) is 24.5 Å². The monoisotopic (exact) mass is 528 g/mol. The van der Waals surface area contributed by atoms with Gasteiger partial charge in [-0.25, -0.2) is 14.4 Å². The van der Waals surface area contributed by atoms with Gasteiger partial charge in [0.05, 0.1) is 23.9 Å². The smallest absolute Gasteiger partial charge is 0.416 e. The number of ether oxygens (including phenoxy) is 1.